The first-order chi connectivity index (χ1) is 13.5. The van der Waals surface area contributed by atoms with Gasteiger partial charge in [-0.15, -0.1) is 0 Å². The zero-order valence-corrected chi connectivity index (χ0v) is 16.5. The van der Waals surface area contributed by atoms with Crippen molar-refractivity contribution in [3.05, 3.63) is 40.2 Å². The first kappa shape index (κ1) is 19.0. The maximum absolute atomic E-state index is 12.4. The highest BCUT2D eigenvalue weighted by Crippen LogP contribution is 2.40. The normalized spacial score (nSPS) is 22.7. The van der Waals surface area contributed by atoms with Crippen molar-refractivity contribution in [3.8, 4) is 0 Å². The summed E-state index contributed by atoms with van der Waals surface area (Å²) in [5.41, 5.74) is 2.36. The van der Waals surface area contributed by atoms with Crippen molar-refractivity contribution in [2.24, 2.45) is 0 Å². The van der Waals surface area contributed by atoms with E-state index in [2.05, 4.69) is 9.84 Å². The molecule has 0 amide bonds. The number of benzene rings is 1. The van der Waals surface area contributed by atoms with Gasteiger partial charge in [0.2, 0.25) is 0 Å². The summed E-state index contributed by atoms with van der Waals surface area (Å²) >= 11 is 6.60. The van der Waals surface area contributed by atoms with Gasteiger partial charge in [0.1, 0.15) is 17.9 Å². The van der Waals surface area contributed by atoms with Crippen LogP contribution in [-0.4, -0.2) is 35.2 Å². The number of hydrogen-bond acceptors (Lipinski definition) is 6. The van der Waals surface area contributed by atoms with E-state index in [0.717, 1.165) is 35.7 Å². The Morgan fingerprint density at radius 1 is 1.39 bits per heavy atom. The lowest BCUT2D eigenvalue weighted by Crippen LogP contribution is -2.23. The number of esters is 1. The van der Waals surface area contributed by atoms with Crippen molar-refractivity contribution in [1.29, 1.82) is 0 Å². The average Bonchev–Trinajstić information content (AvgIpc) is 3.12. The average molecular weight is 405 g/mol. The van der Waals surface area contributed by atoms with Crippen LogP contribution in [0.1, 0.15) is 49.1 Å². The topological polar surface area (TPSA) is 79.7 Å². The van der Waals surface area contributed by atoms with Crippen LogP contribution in [0.25, 0.3) is 10.9 Å². The van der Waals surface area contributed by atoms with E-state index in [4.69, 9.17) is 21.1 Å². The van der Waals surface area contributed by atoms with Gasteiger partial charge in [0.15, 0.2) is 12.0 Å². The molecule has 1 saturated heterocycles. The maximum atomic E-state index is 12.4. The first-order valence-corrected chi connectivity index (χ1v) is 9.64. The highest BCUT2D eigenvalue weighted by molar-refractivity contribution is 6.33. The third-order valence-electron chi connectivity index (χ3n) is 5.24. The summed E-state index contributed by atoms with van der Waals surface area (Å²) in [5, 5.41) is 5.88. The maximum Gasteiger partial charge on any atom is 0.344 e. The second kappa shape index (κ2) is 7.56. The molecule has 1 aromatic heterocycles. The number of methoxy groups -OCH3 is 1. The van der Waals surface area contributed by atoms with Crippen LogP contribution >= 0.6 is 11.6 Å². The fourth-order valence-corrected chi connectivity index (χ4v) is 4.05. The predicted octanol–water partition coefficient (Wildman–Crippen LogP) is 3.78. The molecule has 0 N–H and O–H groups in total. The molecule has 8 heteroatoms. The van der Waals surface area contributed by atoms with E-state index >= 15 is 0 Å². The van der Waals surface area contributed by atoms with Crippen molar-refractivity contribution in [3.63, 3.8) is 0 Å². The van der Waals surface area contributed by atoms with Crippen molar-refractivity contribution >= 4 is 34.3 Å². The van der Waals surface area contributed by atoms with Gasteiger partial charge in [-0.25, -0.2) is 9.48 Å². The molecule has 1 fully saturated rings. The molecule has 0 bridgehead atoms. The first-order valence-electron chi connectivity index (χ1n) is 9.26. The molecule has 1 aromatic carbocycles. The third-order valence-corrected chi connectivity index (χ3v) is 5.74. The Balaban J connectivity index is 1.76. The number of nitrogens with zero attached hydrogens (tertiary/aromatic N) is 2. The molecule has 4 rings (SSSR count). The Morgan fingerprint density at radius 3 is 2.89 bits per heavy atom. The summed E-state index contributed by atoms with van der Waals surface area (Å²) in [7, 11) is 1.23. The number of hydrogen-bond donors (Lipinski definition) is 0. The fourth-order valence-electron chi connectivity index (χ4n) is 3.77. The Morgan fingerprint density at radius 2 is 2.21 bits per heavy atom. The van der Waals surface area contributed by atoms with Crippen LogP contribution in [0, 0.1) is 6.92 Å². The summed E-state index contributed by atoms with van der Waals surface area (Å²) in [6, 6.07) is 1.98. The second-order valence-electron chi connectivity index (χ2n) is 7.04. The number of Topliss-reactive ketones (excluding diaryl/α,β-unsaturated/α-hetero) is 1. The summed E-state index contributed by atoms with van der Waals surface area (Å²) in [5.74, 6) is -1.04. The zero-order chi connectivity index (χ0) is 19.8. The smallest absolute Gasteiger partial charge is 0.344 e. The van der Waals surface area contributed by atoms with Gasteiger partial charge in [-0.1, -0.05) is 11.6 Å². The van der Waals surface area contributed by atoms with Gasteiger partial charge < -0.3 is 14.2 Å². The number of carbonyl (C=O) groups excluding carboxylic acids is 2. The van der Waals surface area contributed by atoms with Crippen molar-refractivity contribution in [1.82, 2.24) is 9.78 Å². The second-order valence-corrected chi connectivity index (χ2v) is 7.42. The Hall–Kier alpha value is -2.38. The minimum absolute atomic E-state index is 0.00428. The lowest BCUT2D eigenvalue weighted by molar-refractivity contribution is -0.139. The van der Waals surface area contributed by atoms with Gasteiger partial charge in [0.05, 0.1) is 30.3 Å². The molecule has 0 saturated carbocycles. The fraction of sp³-hybridized carbons (Fsp3) is 0.450. The van der Waals surface area contributed by atoms with Crippen molar-refractivity contribution in [2.75, 3.05) is 13.7 Å². The van der Waals surface area contributed by atoms with Gasteiger partial charge in [-0.05, 0) is 37.8 Å². The molecular weight excluding hydrogens is 384 g/mol. The molecule has 2 unspecified atom stereocenters. The minimum atomic E-state index is -0.703. The Labute approximate surface area is 167 Å². The number of aryl methyl sites for hydroxylation is 1. The van der Waals surface area contributed by atoms with E-state index in [-0.39, 0.29) is 24.0 Å². The van der Waals surface area contributed by atoms with E-state index in [9.17, 15) is 9.59 Å². The van der Waals surface area contributed by atoms with Gasteiger partial charge in [-0.2, -0.15) is 5.10 Å². The molecule has 148 valence electrons. The number of carbonyl (C=O) groups is 2. The van der Waals surface area contributed by atoms with E-state index in [1.165, 1.54) is 13.4 Å². The summed E-state index contributed by atoms with van der Waals surface area (Å²) in [6.45, 7) is 2.62. The molecular formula is C20H21ClN2O5. The molecule has 2 aliphatic rings. The SMILES string of the molecule is COC(=O)C1=COC(c2c(Cl)c(C)cc3c2cnn3C2CCCCO2)CC1=O. The van der Waals surface area contributed by atoms with Crippen LogP contribution in [0.2, 0.25) is 5.02 Å². The van der Waals surface area contributed by atoms with E-state index in [1.807, 2.05) is 17.7 Å². The largest absolute Gasteiger partial charge is 0.492 e. The van der Waals surface area contributed by atoms with Crippen LogP contribution < -0.4 is 0 Å². The molecule has 2 aromatic rings. The standard InChI is InChI=1S/C20H21ClN2O5/c1-11-7-14-12(9-22-23(14)17-5-3-4-6-27-17)18(19(11)21)16-8-15(24)13(10-28-16)20(25)26-2/h7,9-10,16-17H,3-6,8H2,1-2H3. The van der Waals surface area contributed by atoms with Gasteiger partial charge in [0, 0.05) is 17.6 Å². The number of aromatic nitrogens is 2. The predicted molar refractivity (Wildman–Crippen MR) is 102 cm³/mol. The monoisotopic (exact) mass is 404 g/mol. The third kappa shape index (κ3) is 3.18. The molecule has 3 heterocycles. The molecule has 0 radical (unpaired) electrons. The van der Waals surface area contributed by atoms with Gasteiger partial charge in [-0.3, -0.25) is 4.79 Å². The lowest BCUT2D eigenvalue weighted by atomic mass is 9.94. The van der Waals surface area contributed by atoms with E-state index in [0.29, 0.717) is 17.2 Å². The number of ketones is 1. The highest BCUT2D eigenvalue weighted by atomic mass is 35.5. The van der Waals surface area contributed by atoms with Crippen LogP contribution in [0.15, 0.2) is 24.1 Å². The summed E-state index contributed by atoms with van der Waals surface area (Å²) in [6.07, 6.45) is 5.25. The Bertz CT molecular complexity index is 975. The van der Waals surface area contributed by atoms with Gasteiger partial charge >= 0.3 is 5.97 Å². The van der Waals surface area contributed by atoms with Crippen molar-refractivity contribution in [2.45, 2.75) is 44.9 Å². The van der Waals surface area contributed by atoms with Crippen molar-refractivity contribution < 1.29 is 23.8 Å². The van der Waals surface area contributed by atoms with Crippen LogP contribution in [-0.2, 0) is 23.8 Å². The Kier molecular flexibility index (Phi) is 5.12. The van der Waals surface area contributed by atoms with E-state index < -0.39 is 12.1 Å². The quantitative estimate of drug-likeness (QED) is 0.572. The van der Waals surface area contributed by atoms with Gasteiger partial charge in [0.25, 0.3) is 0 Å². The highest BCUT2D eigenvalue weighted by Gasteiger charge is 2.33. The summed E-state index contributed by atoms with van der Waals surface area (Å²) in [4.78, 5) is 24.1. The van der Waals surface area contributed by atoms with Crippen LogP contribution in [0.5, 0.6) is 0 Å². The molecule has 2 atom stereocenters. The van der Waals surface area contributed by atoms with E-state index in [1.54, 1.807) is 6.20 Å². The number of rotatable bonds is 3. The number of halogens is 1. The molecule has 2 aliphatic heterocycles. The molecule has 0 spiro atoms. The lowest BCUT2D eigenvalue weighted by Gasteiger charge is -2.25. The van der Waals surface area contributed by atoms with Crippen LogP contribution in [0.4, 0.5) is 0 Å². The molecule has 28 heavy (non-hydrogen) atoms. The summed E-state index contributed by atoms with van der Waals surface area (Å²) < 4.78 is 18.1. The van der Waals surface area contributed by atoms with Crippen LogP contribution in [0.3, 0.4) is 0 Å². The number of ether oxygens (including phenoxy) is 3. The molecule has 0 aliphatic carbocycles. The molecule has 7 nitrogen and oxygen atoms in total. The number of fused-ring (bicyclic) bond motifs is 1. The minimum Gasteiger partial charge on any atom is -0.492 e. The zero-order valence-electron chi connectivity index (χ0n) is 15.7.